The second-order valence-corrected chi connectivity index (χ2v) is 5.37. The third-order valence-corrected chi connectivity index (χ3v) is 3.73. The zero-order chi connectivity index (χ0) is 14.2. The fourth-order valence-corrected chi connectivity index (χ4v) is 2.30. The largest absolute Gasteiger partial charge is 0.355 e. The number of nitrogens with zero attached hydrogens (tertiary/aromatic N) is 1. The molecule has 1 N–H and O–H groups in total. The summed E-state index contributed by atoms with van der Waals surface area (Å²) in [5.41, 5.74) is 2.18. The number of pyridine rings is 1. The zero-order valence-electron chi connectivity index (χ0n) is 11.5. The van der Waals surface area contributed by atoms with Gasteiger partial charge in [-0.1, -0.05) is 18.2 Å². The van der Waals surface area contributed by atoms with Crippen molar-refractivity contribution in [2.75, 3.05) is 12.8 Å². The molecule has 3 nitrogen and oxygen atoms in total. The molecule has 0 radical (unpaired) electrons. The lowest BCUT2D eigenvalue weighted by Gasteiger charge is -2.06. The van der Waals surface area contributed by atoms with Crippen molar-refractivity contribution in [3.8, 4) is 0 Å². The van der Waals surface area contributed by atoms with Crippen molar-refractivity contribution in [2.45, 2.75) is 17.7 Å². The number of benzene rings is 1. The molecule has 0 saturated heterocycles. The van der Waals surface area contributed by atoms with Gasteiger partial charge in [-0.2, -0.15) is 0 Å². The molecule has 0 saturated carbocycles. The fraction of sp³-hybridized carbons (Fsp3) is 0.250. The van der Waals surface area contributed by atoms with Crippen molar-refractivity contribution in [1.29, 1.82) is 0 Å². The van der Waals surface area contributed by atoms with Crippen LogP contribution in [0.5, 0.6) is 0 Å². The lowest BCUT2D eigenvalue weighted by Crippen LogP contribution is -2.27. The quantitative estimate of drug-likeness (QED) is 0.830. The Morgan fingerprint density at radius 1 is 1.20 bits per heavy atom. The van der Waals surface area contributed by atoms with Gasteiger partial charge >= 0.3 is 0 Å². The molecule has 0 atom stereocenters. The van der Waals surface area contributed by atoms with Gasteiger partial charge < -0.3 is 5.32 Å². The Morgan fingerprint density at radius 3 is 2.65 bits per heavy atom. The third-order valence-electron chi connectivity index (χ3n) is 2.98. The van der Waals surface area contributed by atoms with Crippen LogP contribution in [0, 0.1) is 0 Å². The minimum Gasteiger partial charge on any atom is -0.355 e. The molecule has 1 amide bonds. The second kappa shape index (κ2) is 7.70. The van der Waals surface area contributed by atoms with Crippen LogP contribution in [-0.2, 0) is 17.6 Å². The highest BCUT2D eigenvalue weighted by atomic mass is 32.2. The molecule has 4 heteroatoms. The summed E-state index contributed by atoms with van der Waals surface area (Å²) in [5.74, 6) is 0.0405. The fourth-order valence-electron chi connectivity index (χ4n) is 1.89. The lowest BCUT2D eigenvalue weighted by molar-refractivity contribution is -0.120. The maximum Gasteiger partial charge on any atom is 0.224 e. The first-order chi connectivity index (χ1) is 9.78. The van der Waals surface area contributed by atoms with Crippen molar-refractivity contribution in [3.63, 3.8) is 0 Å². The predicted molar refractivity (Wildman–Crippen MR) is 82.9 cm³/mol. The summed E-state index contributed by atoms with van der Waals surface area (Å²) in [7, 11) is 0. The molecular weight excluding hydrogens is 268 g/mol. The van der Waals surface area contributed by atoms with Crippen molar-refractivity contribution >= 4 is 17.7 Å². The van der Waals surface area contributed by atoms with Crippen LogP contribution in [0.4, 0.5) is 0 Å². The van der Waals surface area contributed by atoms with Crippen LogP contribution in [0.1, 0.15) is 11.1 Å². The normalized spacial score (nSPS) is 10.2. The summed E-state index contributed by atoms with van der Waals surface area (Å²) in [6, 6.07) is 12.2. The van der Waals surface area contributed by atoms with Gasteiger partial charge in [0.15, 0.2) is 0 Å². The number of amides is 1. The Morgan fingerprint density at radius 2 is 2.00 bits per heavy atom. The molecule has 0 aliphatic heterocycles. The molecule has 2 rings (SSSR count). The summed E-state index contributed by atoms with van der Waals surface area (Å²) in [6.45, 7) is 0.664. The average molecular weight is 286 g/mol. The Hall–Kier alpha value is -1.81. The molecule has 0 spiro atoms. The number of hydrogen-bond acceptors (Lipinski definition) is 3. The van der Waals surface area contributed by atoms with Crippen LogP contribution < -0.4 is 5.32 Å². The van der Waals surface area contributed by atoms with Crippen LogP contribution in [-0.4, -0.2) is 23.7 Å². The van der Waals surface area contributed by atoms with E-state index in [0.717, 1.165) is 12.0 Å². The van der Waals surface area contributed by atoms with Gasteiger partial charge in [0.1, 0.15) is 0 Å². The molecule has 104 valence electrons. The molecule has 0 fully saturated rings. The van der Waals surface area contributed by atoms with Crippen LogP contribution in [0.15, 0.2) is 53.7 Å². The first-order valence-electron chi connectivity index (χ1n) is 6.56. The molecule has 20 heavy (non-hydrogen) atoms. The average Bonchev–Trinajstić information content (AvgIpc) is 2.49. The van der Waals surface area contributed by atoms with E-state index in [-0.39, 0.29) is 5.91 Å². The SMILES string of the molecule is CSc1ccc(CCNC(=O)Cc2cccnc2)cc1. The van der Waals surface area contributed by atoms with Gasteiger partial charge in [0.2, 0.25) is 5.91 Å². The summed E-state index contributed by atoms with van der Waals surface area (Å²) in [4.78, 5) is 17.0. The van der Waals surface area contributed by atoms with E-state index in [9.17, 15) is 4.79 Å². The van der Waals surface area contributed by atoms with E-state index in [4.69, 9.17) is 0 Å². The molecule has 0 aliphatic rings. The maximum atomic E-state index is 11.8. The predicted octanol–water partition coefficient (Wildman–Crippen LogP) is 2.70. The Bertz CT molecular complexity index is 540. The number of thioether (sulfide) groups is 1. The van der Waals surface area contributed by atoms with Gasteiger partial charge in [-0.05, 0) is 42.0 Å². The van der Waals surface area contributed by atoms with E-state index in [2.05, 4.69) is 40.8 Å². The minimum atomic E-state index is 0.0405. The first-order valence-corrected chi connectivity index (χ1v) is 7.79. The second-order valence-electron chi connectivity index (χ2n) is 4.49. The standard InChI is InChI=1S/C16H18N2OS/c1-20-15-6-4-13(5-7-15)8-10-18-16(19)11-14-3-2-9-17-12-14/h2-7,9,12H,8,10-11H2,1H3,(H,18,19). The van der Waals surface area contributed by atoms with E-state index in [1.165, 1.54) is 10.5 Å². The van der Waals surface area contributed by atoms with Crippen LogP contribution in [0.3, 0.4) is 0 Å². The zero-order valence-corrected chi connectivity index (χ0v) is 12.3. The number of carbonyl (C=O) groups excluding carboxylic acids is 1. The number of rotatable bonds is 6. The van der Waals surface area contributed by atoms with E-state index in [1.54, 1.807) is 24.2 Å². The summed E-state index contributed by atoms with van der Waals surface area (Å²) < 4.78 is 0. The van der Waals surface area contributed by atoms with Gasteiger partial charge in [0.05, 0.1) is 6.42 Å². The van der Waals surface area contributed by atoms with E-state index in [1.807, 2.05) is 12.1 Å². The molecular formula is C16H18N2OS. The highest BCUT2D eigenvalue weighted by Gasteiger charge is 2.02. The van der Waals surface area contributed by atoms with Crippen molar-refractivity contribution in [2.24, 2.45) is 0 Å². The number of nitrogens with one attached hydrogen (secondary N) is 1. The van der Waals surface area contributed by atoms with Crippen LogP contribution in [0.2, 0.25) is 0 Å². The highest BCUT2D eigenvalue weighted by Crippen LogP contribution is 2.14. The van der Waals surface area contributed by atoms with Crippen molar-refractivity contribution in [1.82, 2.24) is 10.3 Å². The van der Waals surface area contributed by atoms with Gasteiger partial charge in [0, 0.05) is 23.8 Å². The maximum absolute atomic E-state index is 11.8. The first kappa shape index (κ1) is 14.6. The molecule has 1 heterocycles. The smallest absolute Gasteiger partial charge is 0.224 e. The Kier molecular flexibility index (Phi) is 5.62. The van der Waals surface area contributed by atoms with Crippen LogP contribution in [0.25, 0.3) is 0 Å². The summed E-state index contributed by atoms with van der Waals surface area (Å²) >= 11 is 1.73. The topological polar surface area (TPSA) is 42.0 Å². The van der Waals surface area contributed by atoms with Gasteiger partial charge in [-0.25, -0.2) is 0 Å². The van der Waals surface area contributed by atoms with Crippen molar-refractivity contribution < 1.29 is 4.79 Å². The number of aromatic nitrogens is 1. The Balaban J connectivity index is 1.73. The highest BCUT2D eigenvalue weighted by molar-refractivity contribution is 7.98. The van der Waals surface area contributed by atoms with Crippen molar-refractivity contribution in [3.05, 3.63) is 59.9 Å². The van der Waals surface area contributed by atoms with Gasteiger partial charge in [-0.15, -0.1) is 11.8 Å². The third kappa shape index (κ3) is 4.70. The van der Waals surface area contributed by atoms with E-state index in [0.29, 0.717) is 13.0 Å². The van der Waals surface area contributed by atoms with Gasteiger partial charge in [-0.3, -0.25) is 9.78 Å². The monoisotopic (exact) mass is 286 g/mol. The van der Waals surface area contributed by atoms with Gasteiger partial charge in [0.25, 0.3) is 0 Å². The molecule has 0 aliphatic carbocycles. The summed E-state index contributed by atoms with van der Waals surface area (Å²) in [5, 5.41) is 2.94. The Labute approximate surface area is 123 Å². The van der Waals surface area contributed by atoms with E-state index >= 15 is 0 Å². The summed E-state index contributed by atoms with van der Waals surface area (Å²) in [6.07, 6.45) is 6.74. The molecule has 2 aromatic rings. The number of carbonyl (C=O) groups is 1. The lowest BCUT2D eigenvalue weighted by atomic mass is 10.1. The van der Waals surface area contributed by atoms with E-state index < -0.39 is 0 Å². The number of hydrogen-bond donors (Lipinski definition) is 1. The molecule has 0 bridgehead atoms. The minimum absolute atomic E-state index is 0.0405. The molecule has 0 unspecified atom stereocenters. The molecule has 1 aromatic heterocycles. The molecule has 1 aromatic carbocycles. The van der Waals surface area contributed by atoms with Crippen LogP contribution >= 0.6 is 11.8 Å².